The number of hydrogen-bond donors (Lipinski definition) is 2. The fourth-order valence-electron chi connectivity index (χ4n) is 0.311. The largest absolute Gasteiger partial charge is 0.481 e. The average molecular weight is 203 g/mol. The third-order valence-electron chi connectivity index (χ3n) is 0.972. The zero-order valence-electron chi connectivity index (χ0n) is 7.86. The van der Waals surface area contributed by atoms with Gasteiger partial charge >= 0.3 is 11.9 Å². The molecule has 0 saturated carbocycles. The van der Waals surface area contributed by atoms with Crippen molar-refractivity contribution in [2.24, 2.45) is 5.73 Å². The molecule has 0 unspecified atom stereocenters. The predicted octanol–water partition coefficient (Wildman–Crippen LogP) is -0.318. The van der Waals surface area contributed by atoms with Crippen molar-refractivity contribution in [3.8, 4) is 0 Å². The lowest BCUT2D eigenvalue weighted by Gasteiger charge is -1.92. The van der Waals surface area contributed by atoms with Crippen molar-refractivity contribution >= 4 is 17.8 Å². The molecular formula is C8H13NO5. The van der Waals surface area contributed by atoms with E-state index in [0.717, 1.165) is 6.08 Å². The summed E-state index contributed by atoms with van der Waals surface area (Å²) in [5.74, 6) is -1.96. The van der Waals surface area contributed by atoms with E-state index in [1.54, 1.807) is 0 Å². The van der Waals surface area contributed by atoms with Crippen LogP contribution in [0.1, 0.15) is 12.8 Å². The molecule has 14 heavy (non-hydrogen) atoms. The topological polar surface area (TPSA) is 107 Å². The number of hydrogen-bond acceptors (Lipinski definition) is 4. The molecule has 0 aromatic carbocycles. The molecule has 0 fully saturated rings. The summed E-state index contributed by atoms with van der Waals surface area (Å²) in [4.78, 5) is 29.5. The summed E-state index contributed by atoms with van der Waals surface area (Å²) in [6, 6.07) is 0. The van der Waals surface area contributed by atoms with Crippen molar-refractivity contribution in [1.29, 1.82) is 0 Å². The number of carboxylic acids is 1. The molecule has 0 saturated heterocycles. The van der Waals surface area contributed by atoms with Gasteiger partial charge in [-0.15, -0.1) is 0 Å². The van der Waals surface area contributed by atoms with Crippen molar-refractivity contribution in [2.45, 2.75) is 12.8 Å². The van der Waals surface area contributed by atoms with Gasteiger partial charge in [0.1, 0.15) is 0 Å². The summed E-state index contributed by atoms with van der Waals surface area (Å²) in [6.07, 6.45) is 0.846. The molecule has 0 bridgehead atoms. The van der Waals surface area contributed by atoms with E-state index in [-0.39, 0.29) is 12.8 Å². The smallest absolute Gasteiger partial charge is 0.306 e. The maximum Gasteiger partial charge on any atom is 0.306 e. The molecule has 0 aliphatic rings. The first-order valence-electron chi connectivity index (χ1n) is 3.64. The van der Waals surface area contributed by atoms with Crippen molar-refractivity contribution < 1.29 is 24.2 Å². The first-order valence-corrected chi connectivity index (χ1v) is 3.64. The van der Waals surface area contributed by atoms with Crippen LogP contribution in [-0.4, -0.2) is 30.1 Å². The van der Waals surface area contributed by atoms with E-state index in [1.165, 1.54) is 7.11 Å². The minimum Gasteiger partial charge on any atom is -0.481 e. The molecule has 0 spiro atoms. The number of carbonyl (C=O) groups excluding carboxylic acids is 2. The number of amides is 1. The number of ether oxygens (including phenoxy) is 1. The summed E-state index contributed by atoms with van der Waals surface area (Å²) in [5.41, 5.74) is 4.53. The number of esters is 1. The van der Waals surface area contributed by atoms with Crippen LogP contribution in [0.15, 0.2) is 12.7 Å². The van der Waals surface area contributed by atoms with Crippen LogP contribution in [0.5, 0.6) is 0 Å². The minimum atomic E-state index is -0.986. The highest BCUT2D eigenvalue weighted by atomic mass is 16.5. The van der Waals surface area contributed by atoms with Crippen LogP contribution < -0.4 is 5.73 Å². The van der Waals surface area contributed by atoms with Gasteiger partial charge in [-0.05, 0) is 6.08 Å². The van der Waals surface area contributed by atoms with Crippen LogP contribution >= 0.6 is 0 Å². The van der Waals surface area contributed by atoms with Crippen molar-refractivity contribution in [3.63, 3.8) is 0 Å². The second-order valence-corrected chi connectivity index (χ2v) is 2.08. The molecule has 0 aliphatic heterocycles. The molecule has 3 N–H and O–H groups in total. The molecule has 0 rings (SSSR count). The summed E-state index contributed by atoms with van der Waals surface area (Å²) in [7, 11) is 1.23. The Kier molecular flexibility index (Phi) is 9.68. The third kappa shape index (κ3) is 16.6. The molecule has 0 radical (unpaired) electrons. The number of carbonyl (C=O) groups is 3. The van der Waals surface area contributed by atoms with Gasteiger partial charge in [0, 0.05) is 0 Å². The Labute approximate surface area is 81.3 Å². The highest BCUT2D eigenvalue weighted by molar-refractivity contribution is 5.84. The number of carboxylic acid groups (broad SMARTS) is 1. The molecule has 0 aromatic rings. The van der Waals surface area contributed by atoms with E-state index in [2.05, 4.69) is 17.0 Å². The zero-order valence-corrected chi connectivity index (χ0v) is 7.86. The van der Waals surface area contributed by atoms with Crippen LogP contribution in [0.4, 0.5) is 0 Å². The number of aliphatic carboxylic acids is 1. The fraction of sp³-hybridized carbons (Fsp3) is 0.375. The molecule has 0 aliphatic carbocycles. The van der Waals surface area contributed by atoms with E-state index >= 15 is 0 Å². The second-order valence-electron chi connectivity index (χ2n) is 2.08. The molecular weight excluding hydrogens is 190 g/mol. The zero-order chi connectivity index (χ0) is 11.6. The van der Waals surface area contributed by atoms with Gasteiger partial charge < -0.3 is 15.6 Å². The summed E-state index contributed by atoms with van der Waals surface area (Å²) in [5, 5.41) is 8.05. The maximum absolute atomic E-state index is 10.2. The Morgan fingerprint density at radius 2 is 1.86 bits per heavy atom. The summed E-state index contributed by atoms with van der Waals surface area (Å²) < 4.78 is 4.20. The van der Waals surface area contributed by atoms with Gasteiger partial charge in [-0.25, -0.2) is 0 Å². The Morgan fingerprint density at radius 1 is 1.43 bits per heavy atom. The molecule has 80 valence electrons. The SMILES string of the molecule is C=CC(N)=O.COC(=O)CCC(=O)O. The Balaban J connectivity index is 0. The Morgan fingerprint density at radius 3 is 2.07 bits per heavy atom. The lowest BCUT2D eigenvalue weighted by molar-refractivity contribution is -0.145. The molecule has 6 heteroatoms. The van der Waals surface area contributed by atoms with Crippen LogP contribution in [0.25, 0.3) is 0 Å². The van der Waals surface area contributed by atoms with Gasteiger partial charge in [-0.3, -0.25) is 14.4 Å². The van der Waals surface area contributed by atoms with Crippen molar-refractivity contribution in [3.05, 3.63) is 12.7 Å². The van der Waals surface area contributed by atoms with E-state index in [4.69, 9.17) is 5.11 Å². The van der Waals surface area contributed by atoms with Gasteiger partial charge in [0.25, 0.3) is 0 Å². The summed E-state index contributed by atoms with van der Waals surface area (Å²) in [6.45, 7) is 3.09. The maximum atomic E-state index is 10.2. The normalized spacial score (nSPS) is 7.79. The molecule has 1 amide bonds. The van der Waals surface area contributed by atoms with E-state index < -0.39 is 17.8 Å². The third-order valence-corrected chi connectivity index (χ3v) is 0.972. The van der Waals surface area contributed by atoms with Gasteiger partial charge in [-0.1, -0.05) is 6.58 Å². The summed E-state index contributed by atoms with van der Waals surface area (Å²) >= 11 is 0. The number of nitrogens with two attached hydrogens (primary N) is 1. The van der Waals surface area contributed by atoms with Gasteiger partial charge in [0.2, 0.25) is 5.91 Å². The fourth-order valence-corrected chi connectivity index (χ4v) is 0.311. The van der Waals surface area contributed by atoms with E-state index in [9.17, 15) is 14.4 Å². The lowest BCUT2D eigenvalue weighted by Crippen LogP contribution is -2.04. The first kappa shape index (κ1) is 14.7. The van der Waals surface area contributed by atoms with E-state index in [0.29, 0.717) is 0 Å². The van der Waals surface area contributed by atoms with Gasteiger partial charge in [-0.2, -0.15) is 0 Å². The monoisotopic (exact) mass is 203 g/mol. The van der Waals surface area contributed by atoms with Crippen molar-refractivity contribution in [1.82, 2.24) is 0 Å². The highest BCUT2D eigenvalue weighted by Gasteiger charge is 2.02. The van der Waals surface area contributed by atoms with Gasteiger partial charge in [0.05, 0.1) is 20.0 Å². The standard InChI is InChI=1S/C5H8O4.C3H5NO/c1-9-5(8)3-2-4(6)7;1-2-3(4)5/h2-3H2,1H3,(H,6,7);2H,1H2,(H2,4,5). The number of rotatable bonds is 4. The number of primary amides is 1. The quantitative estimate of drug-likeness (QED) is 0.481. The number of methoxy groups -OCH3 is 1. The van der Waals surface area contributed by atoms with Crippen molar-refractivity contribution in [2.75, 3.05) is 7.11 Å². The van der Waals surface area contributed by atoms with Crippen LogP contribution in [0.3, 0.4) is 0 Å². The van der Waals surface area contributed by atoms with Crippen LogP contribution in [0.2, 0.25) is 0 Å². The molecule has 6 nitrogen and oxygen atoms in total. The van der Waals surface area contributed by atoms with Crippen LogP contribution in [-0.2, 0) is 19.1 Å². The highest BCUT2D eigenvalue weighted by Crippen LogP contribution is 1.89. The Bertz CT molecular complexity index is 224. The molecule has 0 heterocycles. The predicted molar refractivity (Wildman–Crippen MR) is 48.3 cm³/mol. The average Bonchev–Trinajstić information content (AvgIpc) is 2.14. The Hall–Kier alpha value is -1.85. The molecule has 0 aromatic heterocycles. The van der Waals surface area contributed by atoms with Crippen LogP contribution in [0, 0.1) is 0 Å². The molecule has 0 atom stereocenters. The lowest BCUT2D eigenvalue weighted by atomic mass is 10.3. The minimum absolute atomic E-state index is 0.0498. The van der Waals surface area contributed by atoms with E-state index in [1.807, 2.05) is 0 Å². The second kappa shape index (κ2) is 9.24. The first-order chi connectivity index (χ1) is 6.43. The van der Waals surface area contributed by atoms with Gasteiger partial charge in [0.15, 0.2) is 0 Å².